The van der Waals surface area contributed by atoms with E-state index in [1.165, 1.54) is 24.4 Å². The zero-order chi connectivity index (χ0) is 21.3. The first kappa shape index (κ1) is 20.9. The lowest BCUT2D eigenvalue weighted by molar-refractivity contribution is 0.581. The van der Waals surface area contributed by atoms with Crippen LogP contribution in [0.1, 0.15) is 16.7 Å². The molecule has 1 heterocycles. The number of hydrogen-bond donors (Lipinski definition) is 4. The number of benzene rings is 2. The zero-order valence-corrected chi connectivity index (χ0v) is 16.9. The lowest BCUT2D eigenvalue weighted by Crippen LogP contribution is -2.02. The highest BCUT2D eigenvalue weighted by Crippen LogP contribution is 2.40. The van der Waals surface area contributed by atoms with Gasteiger partial charge >= 0.3 is 0 Å². The summed E-state index contributed by atoms with van der Waals surface area (Å²) in [5, 5.41) is 7.67. The lowest BCUT2D eigenvalue weighted by Gasteiger charge is -2.13. The third-order valence-electron chi connectivity index (χ3n) is 4.05. The van der Waals surface area contributed by atoms with E-state index < -0.39 is 17.2 Å². The molecule has 2 aromatic carbocycles. The standard InChI is InChI=1S/C20H12Cl2F2N4S/c21-14-4-3-11(19(29)16(14)22)13-6-15(23)12(17(24)18(13)26)2-1-9-5-10(7-25)20(27)28-8-9/h3-8,25,29H,26H2,(H2,27,28). The fourth-order valence-corrected chi connectivity index (χ4v) is 3.24. The number of aromatic nitrogens is 1. The van der Waals surface area contributed by atoms with E-state index in [1.807, 2.05) is 0 Å². The molecule has 3 aromatic rings. The van der Waals surface area contributed by atoms with Crippen molar-refractivity contribution < 1.29 is 8.78 Å². The second-order valence-corrected chi connectivity index (χ2v) is 7.09. The van der Waals surface area contributed by atoms with E-state index in [0.29, 0.717) is 16.7 Å². The highest BCUT2D eigenvalue weighted by molar-refractivity contribution is 7.80. The van der Waals surface area contributed by atoms with Crippen LogP contribution in [0.15, 0.2) is 35.4 Å². The van der Waals surface area contributed by atoms with Gasteiger partial charge in [-0.3, -0.25) is 0 Å². The minimum absolute atomic E-state index is 0.0781. The molecule has 0 aliphatic rings. The van der Waals surface area contributed by atoms with Crippen molar-refractivity contribution in [1.29, 1.82) is 5.41 Å². The van der Waals surface area contributed by atoms with Gasteiger partial charge in [-0.05, 0) is 23.8 Å². The van der Waals surface area contributed by atoms with Crippen LogP contribution < -0.4 is 11.5 Å². The van der Waals surface area contributed by atoms with E-state index >= 15 is 0 Å². The Bertz CT molecular complexity index is 1220. The normalized spacial score (nSPS) is 10.4. The largest absolute Gasteiger partial charge is 0.396 e. The summed E-state index contributed by atoms with van der Waals surface area (Å²) in [4.78, 5) is 4.13. The van der Waals surface area contributed by atoms with Gasteiger partial charge in [-0.15, -0.1) is 12.6 Å². The van der Waals surface area contributed by atoms with Crippen molar-refractivity contribution in [2.24, 2.45) is 0 Å². The fourth-order valence-electron chi connectivity index (χ4n) is 2.54. The summed E-state index contributed by atoms with van der Waals surface area (Å²) >= 11 is 16.3. The molecule has 29 heavy (non-hydrogen) atoms. The van der Waals surface area contributed by atoms with Crippen LogP contribution in [0, 0.1) is 28.9 Å². The molecule has 146 valence electrons. The van der Waals surface area contributed by atoms with Gasteiger partial charge in [0.1, 0.15) is 11.6 Å². The van der Waals surface area contributed by atoms with Crippen LogP contribution in [-0.4, -0.2) is 11.2 Å². The zero-order valence-electron chi connectivity index (χ0n) is 14.5. The highest BCUT2D eigenvalue weighted by Gasteiger charge is 2.19. The van der Waals surface area contributed by atoms with Crippen molar-refractivity contribution in [3.63, 3.8) is 0 Å². The predicted octanol–water partition coefficient (Wildman–Crippen LogP) is 5.18. The van der Waals surface area contributed by atoms with E-state index in [9.17, 15) is 8.78 Å². The monoisotopic (exact) mass is 448 g/mol. The summed E-state index contributed by atoms with van der Waals surface area (Å²) in [5.41, 5.74) is 11.8. The van der Waals surface area contributed by atoms with E-state index in [1.54, 1.807) is 0 Å². The van der Waals surface area contributed by atoms with Gasteiger partial charge in [-0.2, -0.15) is 0 Å². The van der Waals surface area contributed by atoms with Gasteiger partial charge < -0.3 is 16.9 Å². The summed E-state index contributed by atoms with van der Waals surface area (Å²) in [7, 11) is 0. The number of hydrogen-bond acceptors (Lipinski definition) is 5. The first-order valence-electron chi connectivity index (χ1n) is 7.97. The smallest absolute Gasteiger partial charge is 0.165 e. The van der Waals surface area contributed by atoms with E-state index in [4.69, 9.17) is 40.1 Å². The molecule has 0 radical (unpaired) electrons. The van der Waals surface area contributed by atoms with Gasteiger partial charge in [0.25, 0.3) is 0 Å². The Balaban J connectivity index is 2.11. The maximum absolute atomic E-state index is 14.8. The predicted molar refractivity (Wildman–Crippen MR) is 116 cm³/mol. The number of nitrogens with two attached hydrogens (primary N) is 2. The van der Waals surface area contributed by atoms with Gasteiger partial charge in [0.2, 0.25) is 0 Å². The van der Waals surface area contributed by atoms with E-state index in [-0.39, 0.29) is 32.0 Å². The van der Waals surface area contributed by atoms with E-state index in [0.717, 1.165) is 12.3 Å². The Hall–Kier alpha value is -2.79. The maximum atomic E-state index is 14.8. The highest BCUT2D eigenvalue weighted by atomic mass is 35.5. The number of halogens is 4. The van der Waals surface area contributed by atoms with Crippen LogP contribution in [0.3, 0.4) is 0 Å². The van der Waals surface area contributed by atoms with Crippen LogP contribution >= 0.6 is 35.8 Å². The number of rotatable bonds is 2. The van der Waals surface area contributed by atoms with Gasteiger partial charge in [0.15, 0.2) is 5.82 Å². The van der Waals surface area contributed by atoms with Gasteiger partial charge in [-0.25, -0.2) is 13.8 Å². The third kappa shape index (κ3) is 4.01. The molecule has 0 saturated heterocycles. The quantitative estimate of drug-likeness (QED) is 0.188. The number of anilines is 2. The Morgan fingerprint density at radius 2 is 1.83 bits per heavy atom. The number of nitrogen functional groups attached to an aromatic ring is 2. The van der Waals surface area contributed by atoms with Crippen LogP contribution in [0.4, 0.5) is 20.3 Å². The maximum Gasteiger partial charge on any atom is 0.165 e. The second kappa shape index (κ2) is 8.29. The van der Waals surface area contributed by atoms with E-state index in [2.05, 4.69) is 29.5 Å². The van der Waals surface area contributed by atoms with Crippen molar-refractivity contribution in [3.05, 3.63) is 68.8 Å². The Morgan fingerprint density at radius 3 is 2.52 bits per heavy atom. The van der Waals surface area contributed by atoms with Crippen molar-refractivity contribution in [2.75, 3.05) is 11.5 Å². The molecule has 5 N–H and O–H groups in total. The molecular weight excluding hydrogens is 437 g/mol. The molecule has 0 amide bonds. The average molecular weight is 449 g/mol. The first-order chi connectivity index (χ1) is 13.7. The molecule has 0 aliphatic carbocycles. The van der Waals surface area contributed by atoms with Crippen molar-refractivity contribution in [3.8, 4) is 23.0 Å². The van der Waals surface area contributed by atoms with Gasteiger partial charge in [0.05, 0.1) is 21.3 Å². The molecule has 0 unspecified atom stereocenters. The molecule has 9 heteroatoms. The SMILES string of the molecule is N=Cc1cc(C#Cc2c(F)cc(-c3ccc(Cl)c(Cl)c3S)c(N)c2F)cnc1N. The third-order valence-corrected chi connectivity index (χ3v) is 5.45. The number of nitrogens with one attached hydrogen (secondary N) is 1. The number of thiol groups is 1. The average Bonchev–Trinajstić information content (AvgIpc) is 2.70. The van der Waals surface area contributed by atoms with Crippen LogP contribution in [0.2, 0.25) is 10.0 Å². The molecule has 0 aliphatic heterocycles. The first-order valence-corrected chi connectivity index (χ1v) is 9.17. The molecule has 4 nitrogen and oxygen atoms in total. The van der Waals surface area contributed by atoms with Crippen LogP contribution in [0.25, 0.3) is 11.1 Å². The van der Waals surface area contributed by atoms with Crippen molar-refractivity contribution in [2.45, 2.75) is 4.90 Å². The molecule has 0 fully saturated rings. The van der Waals surface area contributed by atoms with Crippen molar-refractivity contribution in [1.82, 2.24) is 4.98 Å². The summed E-state index contributed by atoms with van der Waals surface area (Å²) in [5.74, 6) is 3.25. The second-order valence-electron chi connectivity index (χ2n) is 5.86. The summed E-state index contributed by atoms with van der Waals surface area (Å²) in [6.07, 6.45) is 2.35. The molecule has 0 bridgehead atoms. The summed E-state index contributed by atoms with van der Waals surface area (Å²) < 4.78 is 29.5. The lowest BCUT2D eigenvalue weighted by atomic mass is 10.00. The number of pyridine rings is 1. The molecule has 1 aromatic heterocycles. The molecule has 0 saturated carbocycles. The molecule has 3 rings (SSSR count). The minimum atomic E-state index is -1.01. The number of nitrogens with zero attached hydrogens (tertiary/aromatic N) is 1. The van der Waals surface area contributed by atoms with Gasteiger partial charge in [-0.1, -0.05) is 41.1 Å². The summed E-state index contributed by atoms with van der Waals surface area (Å²) in [6, 6.07) is 5.55. The van der Waals surface area contributed by atoms with Crippen molar-refractivity contribution >= 4 is 53.6 Å². The minimum Gasteiger partial charge on any atom is -0.396 e. The Labute approximate surface area is 180 Å². The molecular formula is C20H12Cl2F2N4S. The topological polar surface area (TPSA) is 88.8 Å². The summed E-state index contributed by atoms with van der Waals surface area (Å²) in [6.45, 7) is 0. The molecule has 0 atom stereocenters. The van der Waals surface area contributed by atoms with Crippen LogP contribution in [-0.2, 0) is 0 Å². The van der Waals surface area contributed by atoms with Crippen LogP contribution in [0.5, 0.6) is 0 Å². The Kier molecular flexibility index (Phi) is 5.99. The Morgan fingerprint density at radius 1 is 1.10 bits per heavy atom. The van der Waals surface area contributed by atoms with Gasteiger partial charge in [0, 0.05) is 34.0 Å². The fraction of sp³-hybridized carbons (Fsp3) is 0. The molecule has 0 spiro atoms.